The number of hydrogen-bond acceptors (Lipinski definition) is 2. The van der Waals surface area contributed by atoms with Gasteiger partial charge in [-0.25, -0.2) is 0 Å². The van der Waals surface area contributed by atoms with E-state index in [4.69, 9.17) is 4.74 Å². The number of ether oxygens (including phenoxy) is 1. The van der Waals surface area contributed by atoms with E-state index in [1.54, 1.807) is 30.3 Å². The Morgan fingerprint density at radius 1 is 0.950 bits per heavy atom. The lowest BCUT2D eigenvalue weighted by Gasteiger charge is -2.27. The Labute approximate surface area is 115 Å². The molecule has 0 fully saturated rings. The predicted molar refractivity (Wildman–Crippen MR) is 71.7 cm³/mol. The van der Waals surface area contributed by atoms with E-state index in [1.165, 1.54) is 31.4 Å². The van der Waals surface area contributed by atoms with Gasteiger partial charge in [0.05, 0.1) is 13.7 Å². The summed E-state index contributed by atoms with van der Waals surface area (Å²) in [6, 6.07) is 14.4. The summed E-state index contributed by atoms with van der Waals surface area (Å²) in [4.78, 5) is 0.405. The van der Waals surface area contributed by atoms with Crippen LogP contribution in [0.25, 0.3) is 0 Å². The van der Waals surface area contributed by atoms with Crippen molar-refractivity contribution in [3.8, 4) is 5.75 Å². The standard InChI is InChI=1S/C15H14F3NO/c1-20-14-9-7-13(8-10-14)19(15(16,17)18)11-12-5-3-2-4-6-12/h2-10H,11H2,1H3. The third-order valence-corrected chi connectivity index (χ3v) is 2.87. The van der Waals surface area contributed by atoms with E-state index < -0.39 is 6.30 Å². The van der Waals surface area contributed by atoms with Crippen LogP contribution in [0.3, 0.4) is 0 Å². The van der Waals surface area contributed by atoms with Crippen molar-refractivity contribution >= 4 is 5.69 Å². The quantitative estimate of drug-likeness (QED) is 0.778. The van der Waals surface area contributed by atoms with E-state index in [1.807, 2.05) is 0 Å². The van der Waals surface area contributed by atoms with Gasteiger partial charge in [-0.3, -0.25) is 4.90 Å². The van der Waals surface area contributed by atoms with Gasteiger partial charge in [-0.2, -0.15) is 13.2 Å². The van der Waals surface area contributed by atoms with Crippen molar-refractivity contribution in [1.29, 1.82) is 0 Å². The maximum absolute atomic E-state index is 13.2. The van der Waals surface area contributed by atoms with Gasteiger partial charge in [0, 0.05) is 5.69 Å². The maximum atomic E-state index is 13.2. The van der Waals surface area contributed by atoms with Crippen LogP contribution in [0.4, 0.5) is 18.9 Å². The second kappa shape index (κ2) is 5.86. The second-order valence-corrected chi connectivity index (χ2v) is 4.24. The van der Waals surface area contributed by atoms with Crippen LogP contribution in [-0.2, 0) is 6.54 Å². The number of nitrogens with zero attached hydrogens (tertiary/aromatic N) is 1. The number of methoxy groups -OCH3 is 1. The smallest absolute Gasteiger partial charge is 0.485 e. The minimum absolute atomic E-state index is 0.0853. The van der Waals surface area contributed by atoms with Crippen LogP contribution in [0.5, 0.6) is 5.75 Å². The van der Waals surface area contributed by atoms with Crippen LogP contribution in [0.1, 0.15) is 5.56 Å². The van der Waals surface area contributed by atoms with E-state index in [-0.39, 0.29) is 12.2 Å². The van der Waals surface area contributed by atoms with Gasteiger partial charge in [0.2, 0.25) is 0 Å². The third kappa shape index (κ3) is 3.44. The number of anilines is 1. The van der Waals surface area contributed by atoms with E-state index in [0.29, 0.717) is 16.2 Å². The van der Waals surface area contributed by atoms with Crippen molar-refractivity contribution in [2.75, 3.05) is 12.0 Å². The summed E-state index contributed by atoms with van der Waals surface area (Å²) in [6.07, 6.45) is -4.44. The SMILES string of the molecule is COc1ccc(N(Cc2ccccc2)C(F)(F)F)cc1. The predicted octanol–water partition coefficient (Wildman–Crippen LogP) is 4.22. The molecule has 2 rings (SSSR count). The van der Waals surface area contributed by atoms with Crippen LogP contribution in [0.2, 0.25) is 0 Å². The molecule has 2 aromatic carbocycles. The van der Waals surface area contributed by atoms with Crippen LogP contribution in [0.15, 0.2) is 54.6 Å². The van der Waals surface area contributed by atoms with E-state index in [0.717, 1.165) is 0 Å². The molecule has 0 amide bonds. The van der Waals surface area contributed by atoms with Crippen LogP contribution in [-0.4, -0.2) is 13.4 Å². The first kappa shape index (κ1) is 14.2. The summed E-state index contributed by atoms with van der Waals surface area (Å²) in [7, 11) is 1.47. The fraction of sp³-hybridized carbons (Fsp3) is 0.200. The molecule has 0 radical (unpaired) electrons. The van der Waals surface area contributed by atoms with Crippen molar-refractivity contribution in [2.45, 2.75) is 12.8 Å². The molecule has 0 atom stereocenters. The van der Waals surface area contributed by atoms with Gasteiger partial charge >= 0.3 is 6.30 Å². The maximum Gasteiger partial charge on any atom is 0.485 e. The van der Waals surface area contributed by atoms with Crippen molar-refractivity contribution < 1.29 is 17.9 Å². The Balaban J connectivity index is 2.28. The van der Waals surface area contributed by atoms with Crippen molar-refractivity contribution in [1.82, 2.24) is 0 Å². The van der Waals surface area contributed by atoms with E-state index >= 15 is 0 Å². The lowest BCUT2D eigenvalue weighted by Crippen LogP contribution is -2.37. The number of rotatable bonds is 4. The lowest BCUT2D eigenvalue weighted by atomic mass is 10.2. The van der Waals surface area contributed by atoms with Gasteiger partial charge < -0.3 is 4.74 Å². The summed E-state index contributed by atoms with van der Waals surface area (Å²) >= 11 is 0. The molecule has 0 N–H and O–H groups in total. The molecule has 0 aliphatic rings. The first-order chi connectivity index (χ1) is 9.50. The van der Waals surface area contributed by atoms with Crippen molar-refractivity contribution in [3.63, 3.8) is 0 Å². The summed E-state index contributed by atoms with van der Waals surface area (Å²) in [6.45, 7) is -0.226. The number of alkyl halides is 3. The molecular weight excluding hydrogens is 267 g/mol. The zero-order valence-electron chi connectivity index (χ0n) is 10.9. The summed E-state index contributed by atoms with van der Waals surface area (Å²) < 4.78 is 44.5. The van der Waals surface area contributed by atoms with E-state index in [9.17, 15) is 13.2 Å². The summed E-state index contributed by atoms with van der Waals surface area (Å²) in [5.41, 5.74) is 0.683. The Hall–Kier alpha value is -2.17. The molecule has 20 heavy (non-hydrogen) atoms. The highest BCUT2D eigenvalue weighted by Crippen LogP contribution is 2.31. The molecule has 0 unspecified atom stereocenters. The second-order valence-electron chi connectivity index (χ2n) is 4.24. The molecule has 5 heteroatoms. The summed E-state index contributed by atoms with van der Waals surface area (Å²) in [5.74, 6) is 0.524. The molecule has 0 heterocycles. The van der Waals surface area contributed by atoms with Crippen LogP contribution >= 0.6 is 0 Å². The minimum Gasteiger partial charge on any atom is -0.497 e. The van der Waals surface area contributed by atoms with Gasteiger partial charge in [0.1, 0.15) is 5.75 Å². The van der Waals surface area contributed by atoms with Crippen molar-refractivity contribution in [3.05, 3.63) is 60.2 Å². The molecule has 0 aromatic heterocycles. The highest BCUT2D eigenvalue weighted by Gasteiger charge is 2.37. The van der Waals surface area contributed by atoms with Gasteiger partial charge in [-0.05, 0) is 29.8 Å². The number of halogens is 3. The number of benzene rings is 2. The highest BCUT2D eigenvalue weighted by atomic mass is 19.4. The Morgan fingerprint density at radius 2 is 1.55 bits per heavy atom. The normalized spacial score (nSPS) is 11.2. The summed E-state index contributed by atoms with van der Waals surface area (Å²) in [5, 5.41) is 0. The van der Waals surface area contributed by atoms with Gasteiger partial charge in [0.15, 0.2) is 0 Å². The molecule has 0 saturated heterocycles. The van der Waals surface area contributed by atoms with E-state index in [2.05, 4.69) is 0 Å². The monoisotopic (exact) mass is 281 g/mol. The Kier molecular flexibility index (Phi) is 4.17. The first-order valence-electron chi connectivity index (χ1n) is 6.03. The van der Waals surface area contributed by atoms with Gasteiger partial charge in [0.25, 0.3) is 0 Å². The molecule has 0 saturated carbocycles. The van der Waals surface area contributed by atoms with Crippen molar-refractivity contribution in [2.24, 2.45) is 0 Å². The topological polar surface area (TPSA) is 12.5 Å². The number of hydrogen-bond donors (Lipinski definition) is 0. The Morgan fingerprint density at radius 3 is 2.05 bits per heavy atom. The zero-order chi connectivity index (χ0) is 14.6. The average Bonchev–Trinajstić information content (AvgIpc) is 2.45. The fourth-order valence-corrected chi connectivity index (χ4v) is 1.86. The molecule has 0 spiro atoms. The molecule has 0 aliphatic heterocycles. The largest absolute Gasteiger partial charge is 0.497 e. The molecule has 2 nitrogen and oxygen atoms in total. The molecule has 0 aliphatic carbocycles. The highest BCUT2D eigenvalue weighted by molar-refractivity contribution is 5.50. The molecule has 106 valence electrons. The fourth-order valence-electron chi connectivity index (χ4n) is 1.86. The molecular formula is C15H14F3NO. The van der Waals surface area contributed by atoms with Gasteiger partial charge in [-0.1, -0.05) is 30.3 Å². The average molecular weight is 281 g/mol. The lowest BCUT2D eigenvalue weighted by molar-refractivity contribution is -0.130. The Bertz CT molecular complexity index is 537. The zero-order valence-corrected chi connectivity index (χ0v) is 10.9. The molecule has 2 aromatic rings. The first-order valence-corrected chi connectivity index (χ1v) is 6.03. The molecule has 0 bridgehead atoms. The third-order valence-electron chi connectivity index (χ3n) is 2.87. The van der Waals surface area contributed by atoms with Crippen LogP contribution in [0, 0.1) is 0 Å². The minimum atomic E-state index is -4.44. The van der Waals surface area contributed by atoms with Gasteiger partial charge in [-0.15, -0.1) is 0 Å². The van der Waals surface area contributed by atoms with Crippen LogP contribution < -0.4 is 9.64 Å².